The van der Waals surface area contributed by atoms with E-state index in [1.54, 1.807) is 6.20 Å². The lowest BCUT2D eigenvalue weighted by Crippen LogP contribution is -2.04. The van der Waals surface area contributed by atoms with Crippen molar-refractivity contribution < 1.29 is 4.74 Å². The molecule has 0 radical (unpaired) electrons. The maximum atomic E-state index is 5.89. The maximum Gasteiger partial charge on any atom is 0.218 e. The van der Waals surface area contributed by atoms with Gasteiger partial charge in [0.25, 0.3) is 0 Å². The van der Waals surface area contributed by atoms with E-state index in [1.807, 2.05) is 36.4 Å². The van der Waals surface area contributed by atoms with Gasteiger partial charge in [0.2, 0.25) is 5.88 Å². The van der Waals surface area contributed by atoms with Gasteiger partial charge >= 0.3 is 0 Å². The van der Waals surface area contributed by atoms with E-state index < -0.39 is 0 Å². The Morgan fingerprint density at radius 2 is 2.12 bits per heavy atom. The molecule has 0 fully saturated rings. The van der Waals surface area contributed by atoms with E-state index in [9.17, 15) is 0 Å². The molecule has 17 heavy (non-hydrogen) atoms. The van der Waals surface area contributed by atoms with Gasteiger partial charge in [-0.05, 0) is 23.8 Å². The largest absolute Gasteiger partial charge is 0.473 e. The topological polar surface area (TPSA) is 48.1 Å². The highest BCUT2D eigenvalue weighted by Crippen LogP contribution is 2.16. The summed E-state index contributed by atoms with van der Waals surface area (Å²) in [7, 11) is 0. The normalized spacial score (nSPS) is 10.2. The molecule has 0 aliphatic heterocycles. The van der Waals surface area contributed by atoms with E-state index >= 15 is 0 Å². The van der Waals surface area contributed by atoms with Crippen molar-refractivity contribution in [3.63, 3.8) is 0 Å². The fraction of sp³-hybridized carbons (Fsp3) is 0.154. The Balaban J connectivity index is 2.07. The van der Waals surface area contributed by atoms with Crippen molar-refractivity contribution in [2.75, 3.05) is 0 Å². The van der Waals surface area contributed by atoms with Gasteiger partial charge in [-0.3, -0.25) is 0 Å². The summed E-state index contributed by atoms with van der Waals surface area (Å²) in [4.78, 5) is 4.15. The molecule has 0 bridgehead atoms. The van der Waals surface area contributed by atoms with Crippen molar-refractivity contribution in [1.82, 2.24) is 4.98 Å². The summed E-state index contributed by atoms with van der Waals surface area (Å²) < 4.78 is 5.62. The summed E-state index contributed by atoms with van der Waals surface area (Å²) in [6.07, 6.45) is 1.69. The van der Waals surface area contributed by atoms with Crippen LogP contribution in [0.15, 0.2) is 42.6 Å². The molecule has 0 saturated heterocycles. The zero-order chi connectivity index (χ0) is 12.1. The predicted molar refractivity (Wildman–Crippen MR) is 67.9 cm³/mol. The minimum atomic E-state index is 0.415. The molecule has 0 spiro atoms. The van der Waals surface area contributed by atoms with Crippen molar-refractivity contribution >= 4 is 11.6 Å². The molecule has 2 aromatic rings. The lowest BCUT2D eigenvalue weighted by atomic mass is 10.2. The smallest absolute Gasteiger partial charge is 0.218 e. The second-order valence-electron chi connectivity index (χ2n) is 3.59. The summed E-state index contributed by atoms with van der Waals surface area (Å²) >= 11 is 5.89. The number of ether oxygens (including phenoxy) is 1. The van der Waals surface area contributed by atoms with Gasteiger partial charge in [-0.15, -0.1) is 0 Å². The van der Waals surface area contributed by atoms with E-state index in [1.165, 1.54) is 0 Å². The molecular weight excluding hydrogens is 236 g/mol. The number of pyridine rings is 1. The maximum absolute atomic E-state index is 5.89. The van der Waals surface area contributed by atoms with Gasteiger partial charge in [-0.25, -0.2) is 4.98 Å². The van der Waals surface area contributed by atoms with E-state index in [4.69, 9.17) is 22.1 Å². The Labute approximate surface area is 105 Å². The predicted octanol–water partition coefficient (Wildman–Crippen LogP) is 2.77. The Morgan fingerprint density at radius 1 is 1.24 bits per heavy atom. The molecular formula is C13H13ClN2O. The third-order valence-corrected chi connectivity index (χ3v) is 2.57. The third kappa shape index (κ3) is 3.19. The highest BCUT2D eigenvalue weighted by molar-refractivity contribution is 6.30. The zero-order valence-electron chi connectivity index (χ0n) is 9.27. The molecule has 4 heteroatoms. The van der Waals surface area contributed by atoms with E-state index in [0.717, 1.165) is 11.1 Å². The van der Waals surface area contributed by atoms with Crippen molar-refractivity contribution in [1.29, 1.82) is 0 Å². The van der Waals surface area contributed by atoms with Crippen LogP contribution in [0.3, 0.4) is 0 Å². The average Bonchev–Trinajstić information content (AvgIpc) is 2.37. The second kappa shape index (κ2) is 5.66. The van der Waals surface area contributed by atoms with Crippen LogP contribution in [0.2, 0.25) is 5.02 Å². The van der Waals surface area contributed by atoms with Crippen LogP contribution in [-0.4, -0.2) is 4.98 Å². The molecule has 3 nitrogen and oxygen atoms in total. The molecule has 0 unspecified atom stereocenters. The third-order valence-electron chi connectivity index (χ3n) is 2.33. The average molecular weight is 249 g/mol. The molecule has 0 aliphatic rings. The molecule has 0 atom stereocenters. The number of aromatic nitrogens is 1. The number of hydrogen-bond donors (Lipinski definition) is 1. The molecule has 2 N–H and O–H groups in total. The molecule has 1 aromatic carbocycles. The minimum Gasteiger partial charge on any atom is -0.473 e. The van der Waals surface area contributed by atoms with E-state index in [2.05, 4.69) is 4.98 Å². The standard InChI is InChI=1S/C13H13ClN2O/c14-12-5-1-3-10(7-12)9-17-13-11(8-15)4-2-6-16-13/h1-7H,8-9,15H2. The number of benzene rings is 1. The van der Waals surface area contributed by atoms with Crippen LogP contribution in [-0.2, 0) is 13.2 Å². The van der Waals surface area contributed by atoms with Crippen LogP contribution < -0.4 is 10.5 Å². The number of nitrogens with two attached hydrogens (primary N) is 1. The number of halogens is 1. The highest BCUT2D eigenvalue weighted by Gasteiger charge is 2.03. The van der Waals surface area contributed by atoms with Gasteiger partial charge in [-0.1, -0.05) is 29.8 Å². The molecule has 88 valence electrons. The van der Waals surface area contributed by atoms with Crippen LogP contribution in [0.25, 0.3) is 0 Å². The summed E-state index contributed by atoms with van der Waals surface area (Å²) in [6.45, 7) is 0.850. The van der Waals surface area contributed by atoms with Gasteiger partial charge in [0.15, 0.2) is 0 Å². The van der Waals surface area contributed by atoms with Crippen LogP contribution in [0, 0.1) is 0 Å². The molecule has 0 saturated carbocycles. The van der Waals surface area contributed by atoms with Crippen LogP contribution in [0.4, 0.5) is 0 Å². The van der Waals surface area contributed by atoms with Gasteiger partial charge in [0.1, 0.15) is 6.61 Å². The fourth-order valence-corrected chi connectivity index (χ4v) is 1.70. The van der Waals surface area contributed by atoms with Crippen LogP contribution in [0.1, 0.15) is 11.1 Å². The highest BCUT2D eigenvalue weighted by atomic mass is 35.5. The summed E-state index contributed by atoms with van der Waals surface area (Å²) in [5.41, 5.74) is 7.51. The van der Waals surface area contributed by atoms with Crippen molar-refractivity contribution in [2.45, 2.75) is 13.2 Å². The summed E-state index contributed by atoms with van der Waals surface area (Å²) in [5, 5.41) is 0.700. The first-order chi connectivity index (χ1) is 8.29. The van der Waals surface area contributed by atoms with Crippen molar-refractivity contribution in [3.05, 3.63) is 58.7 Å². The van der Waals surface area contributed by atoms with Crippen molar-refractivity contribution in [2.24, 2.45) is 5.73 Å². The van der Waals surface area contributed by atoms with Crippen LogP contribution >= 0.6 is 11.6 Å². The zero-order valence-corrected chi connectivity index (χ0v) is 10.0. The summed E-state index contributed by atoms with van der Waals surface area (Å²) in [6, 6.07) is 11.3. The first-order valence-electron chi connectivity index (χ1n) is 5.31. The monoisotopic (exact) mass is 248 g/mol. The molecule has 0 amide bonds. The fourth-order valence-electron chi connectivity index (χ4n) is 1.49. The Bertz CT molecular complexity index is 502. The van der Waals surface area contributed by atoms with E-state index in [0.29, 0.717) is 24.1 Å². The first kappa shape index (κ1) is 11.9. The number of nitrogens with zero attached hydrogens (tertiary/aromatic N) is 1. The quantitative estimate of drug-likeness (QED) is 0.905. The lowest BCUT2D eigenvalue weighted by molar-refractivity contribution is 0.290. The molecule has 1 aromatic heterocycles. The van der Waals surface area contributed by atoms with Gasteiger partial charge in [0, 0.05) is 23.3 Å². The second-order valence-corrected chi connectivity index (χ2v) is 4.03. The Morgan fingerprint density at radius 3 is 2.88 bits per heavy atom. The molecule has 2 rings (SSSR count). The molecule has 1 heterocycles. The Kier molecular flexibility index (Phi) is 3.96. The number of rotatable bonds is 4. The van der Waals surface area contributed by atoms with Gasteiger partial charge < -0.3 is 10.5 Å². The minimum absolute atomic E-state index is 0.415. The molecule has 0 aliphatic carbocycles. The summed E-state index contributed by atoms with van der Waals surface area (Å²) in [5.74, 6) is 0.579. The van der Waals surface area contributed by atoms with Gasteiger partial charge in [-0.2, -0.15) is 0 Å². The van der Waals surface area contributed by atoms with Gasteiger partial charge in [0.05, 0.1) is 0 Å². The SMILES string of the molecule is NCc1cccnc1OCc1cccc(Cl)c1. The van der Waals surface area contributed by atoms with E-state index in [-0.39, 0.29) is 0 Å². The van der Waals surface area contributed by atoms with Crippen LogP contribution in [0.5, 0.6) is 5.88 Å². The lowest BCUT2D eigenvalue weighted by Gasteiger charge is -2.08. The van der Waals surface area contributed by atoms with Crippen molar-refractivity contribution in [3.8, 4) is 5.88 Å². The number of hydrogen-bond acceptors (Lipinski definition) is 3. The first-order valence-corrected chi connectivity index (χ1v) is 5.68. The Hall–Kier alpha value is -1.58.